The number of carbonyl (C=O) groups excluding carboxylic acids is 1. The molecule has 2 aromatic heterocycles. The number of hydrogen-bond acceptors (Lipinski definition) is 5. The molecule has 0 radical (unpaired) electrons. The highest BCUT2D eigenvalue weighted by Crippen LogP contribution is 2.45. The van der Waals surface area contributed by atoms with Crippen molar-refractivity contribution in [2.24, 2.45) is 0 Å². The Morgan fingerprint density at radius 3 is 2.55 bits per heavy atom. The molecular weight excluding hydrogens is 580 g/mol. The lowest BCUT2D eigenvalue weighted by Gasteiger charge is -2.13. The number of hydrogen-bond donors (Lipinski definition) is 1. The van der Waals surface area contributed by atoms with Crippen LogP contribution >= 0.6 is 15.9 Å². The van der Waals surface area contributed by atoms with Crippen molar-refractivity contribution in [2.75, 3.05) is 17.1 Å². The number of benzene rings is 2. The van der Waals surface area contributed by atoms with E-state index in [4.69, 9.17) is 4.74 Å². The fraction of sp³-hybridized carbons (Fsp3) is 0.259. The van der Waals surface area contributed by atoms with Gasteiger partial charge in [-0.1, -0.05) is 6.07 Å². The maximum atomic E-state index is 13.9. The van der Waals surface area contributed by atoms with E-state index in [0.29, 0.717) is 32.5 Å². The minimum atomic E-state index is -3.80. The average Bonchev–Trinajstić information content (AvgIpc) is 3.65. The van der Waals surface area contributed by atoms with Gasteiger partial charge in [-0.3, -0.25) is 4.72 Å². The lowest BCUT2D eigenvalue weighted by Crippen LogP contribution is -2.19. The number of sulfonamides is 1. The van der Waals surface area contributed by atoms with Crippen molar-refractivity contribution in [3.05, 3.63) is 87.5 Å². The van der Waals surface area contributed by atoms with Gasteiger partial charge in [-0.25, -0.2) is 26.5 Å². The number of esters is 1. The minimum absolute atomic E-state index is 0.129. The molecule has 11 heteroatoms. The quantitative estimate of drug-likeness (QED) is 0.234. The van der Waals surface area contributed by atoms with Gasteiger partial charge in [0.05, 0.1) is 34.2 Å². The molecule has 0 amide bonds. The molecule has 2 heterocycles. The summed E-state index contributed by atoms with van der Waals surface area (Å²) in [6.07, 6.45) is 3.45. The summed E-state index contributed by atoms with van der Waals surface area (Å²) < 4.78 is 63.2. The van der Waals surface area contributed by atoms with Crippen LogP contribution in [0.4, 0.5) is 14.5 Å². The van der Waals surface area contributed by atoms with Crippen LogP contribution in [0.1, 0.15) is 47.2 Å². The molecule has 1 fully saturated rings. The maximum Gasteiger partial charge on any atom is 0.342 e. The van der Waals surface area contributed by atoms with Gasteiger partial charge in [-0.2, -0.15) is 5.10 Å². The molecule has 4 aromatic rings. The number of nitrogens with one attached hydrogen (secondary N) is 1. The van der Waals surface area contributed by atoms with Crippen LogP contribution in [0.25, 0.3) is 16.8 Å². The highest BCUT2D eigenvalue weighted by Gasteiger charge is 2.31. The molecule has 1 aliphatic rings. The minimum Gasteiger partial charge on any atom is -0.462 e. The van der Waals surface area contributed by atoms with E-state index in [-0.39, 0.29) is 30.3 Å². The smallest absolute Gasteiger partial charge is 0.342 e. The number of aromatic nitrogens is 2. The summed E-state index contributed by atoms with van der Waals surface area (Å²) in [5.74, 6) is -1.56. The van der Waals surface area contributed by atoms with E-state index in [1.165, 1.54) is 34.8 Å². The van der Waals surface area contributed by atoms with Crippen molar-refractivity contribution in [2.45, 2.75) is 32.1 Å². The van der Waals surface area contributed by atoms with Gasteiger partial charge in [0.15, 0.2) is 0 Å². The standard InChI is InChI=1S/C27H24BrF2N3O4S/c1-2-37-27(34)25-24-14-20(17-4-5-17)23(15-33(24)31-26(25)18-6-8-19(29)9-7-18)32-38(35,36)12-11-16-3-10-21(28)22(30)13-16/h3,6-10,13-15,17,32H,2,4-5,11-12H2,1H3. The number of ether oxygens (including phenoxy) is 1. The van der Waals surface area contributed by atoms with Crippen molar-refractivity contribution < 1.29 is 26.7 Å². The molecule has 1 aliphatic carbocycles. The summed E-state index contributed by atoms with van der Waals surface area (Å²) in [6.45, 7) is 1.86. The summed E-state index contributed by atoms with van der Waals surface area (Å²) in [7, 11) is -3.80. The molecule has 1 saturated carbocycles. The van der Waals surface area contributed by atoms with Gasteiger partial charge in [0.1, 0.15) is 22.9 Å². The zero-order chi connectivity index (χ0) is 27.0. The maximum absolute atomic E-state index is 13.9. The van der Waals surface area contributed by atoms with Crippen LogP contribution in [0.5, 0.6) is 0 Å². The first-order chi connectivity index (χ1) is 18.1. The van der Waals surface area contributed by atoms with E-state index in [1.54, 1.807) is 31.3 Å². The Hall–Kier alpha value is -3.31. The van der Waals surface area contributed by atoms with Crippen LogP contribution in [0.2, 0.25) is 0 Å². The average molecular weight is 604 g/mol. The Kier molecular flexibility index (Phi) is 7.23. The van der Waals surface area contributed by atoms with Crippen molar-refractivity contribution in [3.8, 4) is 11.3 Å². The number of nitrogens with zero attached hydrogens (tertiary/aromatic N) is 2. The first-order valence-electron chi connectivity index (χ1n) is 12.1. The van der Waals surface area contributed by atoms with Gasteiger partial charge in [0.2, 0.25) is 10.0 Å². The third kappa shape index (κ3) is 5.58. The topological polar surface area (TPSA) is 89.8 Å². The highest BCUT2D eigenvalue weighted by atomic mass is 79.9. The number of rotatable bonds is 9. The zero-order valence-corrected chi connectivity index (χ0v) is 22.8. The summed E-state index contributed by atoms with van der Waals surface area (Å²) in [5.41, 5.74) is 3.21. The molecule has 5 rings (SSSR count). The molecule has 0 atom stereocenters. The van der Waals surface area contributed by atoms with Gasteiger partial charge in [-0.15, -0.1) is 0 Å². The predicted molar refractivity (Wildman–Crippen MR) is 144 cm³/mol. The summed E-state index contributed by atoms with van der Waals surface area (Å²) in [4.78, 5) is 13.0. The van der Waals surface area contributed by atoms with Gasteiger partial charge in [-0.05, 0) is 102 Å². The molecular formula is C27H24BrF2N3O4S. The van der Waals surface area contributed by atoms with Gasteiger partial charge in [0.25, 0.3) is 0 Å². The molecule has 2 aromatic carbocycles. The number of aryl methyl sites for hydroxylation is 1. The van der Waals surface area contributed by atoms with Crippen molar-refractivity contribution >= 4 is 43.1 Å². The second-order valence-electron chi connectivity index (χ2n) is 9.12. The summed E-state index contributed by atoms with van der Waals surface area (Å²) in [5, 5.41) is 4.55. The third-order valence-electron chi connectivity index (χ3n) is 6.33. The van der Waals surface area contributed by atoms with Crippen LogP contribution in [0, 0.1) is 11.6 Å². The first-order valence-corrected chi connectivity index (χ1v) is 14.5. The molecule has 0 unspecified atom stereocenters. The van der Waals surface area contributed by atoms with Crippen molar-refractivity contribution in [1.82, 2.24) is 9.61 Å². The molecule has 0 bridgehead atoms. The second-order valence-corrected chi connectivity index (χ2v) is 11.8. The van der Waals surface area contributed by atoms with Crippen LogP contribution in [0.3, 0.4) is 0 Å². The van der Waals surface area contributed by atoms with Gasteiger partial charge < -0.3 is 4.74 Å². The monoisotopic (exact) mass is 603 g/mol. The number of halogens is 3. The Labute approximate surface area is 227 Å². The molecule has 7 nitrogen and oxygen atoms in total. The third-order valence-corrected chi connectivity index (χ3v) is 8.24. The molecule has 198 valence electrons. The normalized spacial score (nSPS) is 13.6. The number of anilines is 1. The summed E-state index contributed by atoms with van der Waals surface area (Å²) in [6, 6.07) is 11.9. The largest absolute Gasteiger partial charge is 0.462 e. The van der Waals surface area contributed by atoms with Gasteiger partial charge >= 0.3 is 5.97 Å². The van der Waals surface area contributed by atoms with Gasteiger partial charge in [0, 0.05) is 5.56 Å². The molecule has 1 N–H and O–H groups in total. The van der Waals surface area contributed by atoms with Crippen LogP contribution in [-0.2, 0) is 21.2 Å². The van der Waals surface area contributed by atoms with E-state index in [2.05, 4.69) is 25.8 Å². The molecule has 0 spiro atoms. The Bertz CT molecular complexity index is 1630. The van der Waals surface area contributed by atoms with Crippen molar-refractivity contribution in [1.29, 1.82) is 0 Å². The van der Waals surface area contributed by atoms with Crippen LogP contribution in [-0.4, -0.2) is 36.4 Å². The lowest BCUT2D eigenvalue weighted by atomic mass is 10.0. The molecule has 38 heavy (non-hydrogen) atoms. The lowest BCUT2D eigenvalue weighted by molar-refractivity contribution is 0.0529. The van der Waals surface area contributed by atoms with E-state index in [0.717, 1.165) is 18.4 Å². The van der Waals surface area contributed by atoms with Crippen LogP contribution in [0.15, 0.2) is 59.2 Å². The highest BCUT2D eigenvalue weighted by molar-refractivity contribution is 9.10. The van der Waals surface area contributed by atoms with E-state index < -0.39 is 27.6 Å². The van der Waals surface area contributed by atoms with Crippen molar-refractivity contribution in [3.63, 3.8) is 0 Å². The number of carbonyl (C=O) groups is 1. The van der Waals surface area contributed by atoms with E-state index in [1.807, 2.05) is 0 Å². The van der Waals surface area contributed by atoms with E-state index >= 15 is 0 Å². The van der Waals surface area contributed by atoms with Crippen LogP contribution < -0.4 is 4.72 Å². The molecule has 0 aliphatic heterocycles. The Morgan fingerprint density at radius 2 is 1.89 bits per heavy atom. The zero-order valence-electron chi connectivity index (χ0n) is 20.4. The fourth-order valence-electron chi connectivity index (χ4n) is 4.30. The molecule has 0 saturated heterocycles. The predicted octanol–water partition coefficient (Wildman–Crippen LogP) is 6.08. The Balaban J connectivity index is 1.52. The fourth-order valence-corrected chi connectivity index (χ4v) is 5.66. The number of fused-ring (bicyclic) bond motifs is 1. The second kappa shape index (κ2) is 10.5. The first kappa shape index (κ1) is 26.3. The number of pyridine rings is 1. The summed E-state index contributed by atoms with van der Waals surface area (Å²) >= 11 is 3.09. The SMILES string of the molecule is CCOC(=O)c1c(-c2ccc(F)cc2)nn2cc(NS(=O)(=O)CCc3ccc(Br)c(F)c3)c(C3CC3)cc12. The van der Waals surface area contributed by atoms with E-state index in [9.17, 15) is 22.0 Å². The Morgan fingerprint density at radius 1 is 1.16 bits per heavy atom.